The average molecular weight is 367 g/mol. The summed E-state index contributed by atoms with van der Waals surface area (Å²) >= 11 is 0. The highest BCUT2D eigenvalue weighted by molar-refractivity contribution is 7.89. The molecule has 0 aliphatic carbocycles. The molecule has 3 rings (SSSR count). The number of amides is 1. The van der Waals surface area contributed by atoms with Crippen LogP contribution >= 0.6 is 0 Å². The number of ether oxygens (including phenoxy) is 1. The van der Waals surface area contributed by atoms with E-state index in [1.807, 2.05) is 0 Å². The second-order valence-corrected chi connectivity index (χ2v) is 8.40. The molecule has 0 aromatic heterocycles. The van der Waals surface area contributed by atoms with Gasteiger partial charge >= 0.3 is 0 Å². The Morgan fingerprint density at radius 2 is 1.96 bits per heavy atom. The Morgan fingerprint density at radius 3 is 2.60 bits per heavy atom. The molecule has 1 atom stereocenters. The van der Waals surface area contributed by atoms with Crippen molar-refractivity contribution in [3.63, 3.8) is 0 Å². The van der Waals surface area contributed by atoms with Gasteiger partial charge in [-0.3, -0.25) is 4.79 Å². The lowest BCUT2D eigenvalue weighted by atomic mass is 10.2. The second-order valence-electron chi connectivity index (χ2n) is 6.46. The fourth-order valence-corrected chi connectivity index (χ4v) is 4.62. The molecule has 7 nitrogen and oxygen atoms in total. The molecule has 25 heavy (non-hydrogen) atoms. The van der Waals surface area contributed by atoms with Crippen LogP contribution < -0.4 is 10.6 Å². The van der Waals surface area contributed by atoms with E-state index in [-0.39, 0.29) is 11.9 Å². The van der Waals surface area contributed by atoms with E-state index in [0.717, 1.165) is 24.9 Å². The number of benzene rings is 1. The maximum absolute atomic E-state index is 12.5. The molecule has 8 heteroatoms. The van der Waals surface area contributed by atoms with Crippen molar-refractivity contribution in [1.82, 2.24) is 14.9 Å². The van der Waals surface area contributed by atoms with Gasteiger partial charge in [0.15, 0.2) is 0 Å². The van der Waals surface area contributed by atoms with Crippen molar-refractivity contribution in [3.8, 4) is 0 Å². The summed E-state index contributed by atoms with van der Waals surface area (Å²) in [6.45, 7) is 3.58. The first kappa shape index (κ1) is 18.3. The Bertz CT molecular complexity index is 678. The van der Waals surface area contributed by atoms with Crippen molar-refractivity contribution in [2.75, 3.05) is 32.8 Å². The number of morpholine rings is 1. The third kappa shape index (κ3) is 4.78. The summed E-state index contributed by atoms with van der Waals surface area (Å²) < 4.78 is 31.8. The number of carbonyl (C=O) groups is 1. The highest BCUT2D eigenvalue weighted by Gasteiger charge is 2.26. The topological polar surface area (TPSA) is 87.7 Å². The minimum Gasteiger partial charge on any atom is -0.378 e. The fraction of sp³-hybridized carbons (Fsp3) is 0.588. The van der Waals surface area contributed by atoms with Crippen LogP contribution in [0.2, 0.25) is 0 Å². The van der Waals surface area contributed by atoms with Gasteiger partial charge in [-0.1, -0.05) is 12.1 Å². The first-order chi connectivity index (χ1) is 12.1. The van der Waals surface area contributed by atoms with Crippen molar-refractivity contribution in [3.05, 3.63) is 29.8 Å². The highest BCUT2D eigenvalue weighted by atomic mass is 32.2. The lowest BCUT2D eigenvalue weighted by Gasteiger charge is -2.23. The quantitative estimate of drug-likeness (QED) is 0.763. The van der Waals surface area contributed by atoms with Crippen LogP contribution in [-0.2, 0) is 26.1 Å². The predicted molar refractivity (Wildman–Crippen MR) is 93.5 cm³/mol. The SMILES string of the molecule is O=C(CC1COCCN1)NCc1ccc(S(=O)(=O)N2CCCC2)cc1. The van der Waals surface area contributed by atoms with Crippen LogP contribution in [0.4, 0.5) is 0 Å². The molecule has 1 aromatic carbocycles. The molecule has 2 heterocycles. The van der Waals surface area contributed by atoms with Gasteiger partial charge in [-0.2, -0.15) is 4.31 Å². The van der Waals surface area contributed by atoms with Crippen molar-refractivity contribution in [1.29, 1.82) is 0 Å². The molecule has 1 aromatic rings. The molecule has 2 saturated heterocycles. The lowest BCUT2D eigenvalue weighted by Crippen LogP contribution is -2.44. The third-order valence-electron chi connectivity index (χ3n) is 4.55. The summed E-state index contributed by atoms with van der Waals surface area (Å²) in [5, 5.41) is 6.11. The monoisotopic (exact) mass is 367 g/mol. The van der Waals surface area contributed by atoms with Crippen LogP contribution in [0.25, 0.3) is 0 Å². The van der Waals surface area contributed by atoms with Crippen LogP contribution in [0.5, 0.6) is 0 Å². The zero-order chi connectivity index (χ0) is 17.7. The summed E-state index contributed by atoms with van der Waals surface area (Å²) in [4.78, 5) is 12.3. The molecule has 0 radical (unpaired) electrons. The van der Waals surface area contributed by atoms with Crippen molar-refractivity contribution in [2.45, 2.75) is 36.7 Å². The van der Waals surface area contributed by atoms with Crippen LogP contribution in [-0.4, -0.2) is 57.5 Å². The molecule has 1 amide bonds. The van der Waals surface area contributed by atoms with Gasteiger partial charge in [-0.25, -0.2) is 8.42 Å². The zero-order valence-corrected chi connectivity index (χ0v) is 15.1. The van der Waals surface area contributed by atoms with Gasteiger partial charge in [-0.05, 0) is 30.5 Å². The van der Waals surface area contributed by atoms with Gasteiger partial charge in [0.05, 0.1) is 18.1 Å². The average Bonchev–Trinajstić information content (AvgIpc) is 3.17. The van der Waals surface area contributed by atoms with Gasteiger partial charge in [0.1, 0.15) is 0 Å². The van der Waals surface area contributed by atoms with Crippen LogP contribution in [0.3, 0.4) is 0 Å². The van der Waals surface area contributed by atoms with Gasteiger partial charge in [0.25, 0.3) is 0 Å². The molecule has 1 unspecified atom stereocenters. The maximum Gasteiger partial charge on any atom is 0.243 e. The highest BCUT2D eigenvalue weighted by Crippen LogP contribution is 2.21. The van der Waals surface area contributed by atoms with E-state index >= 15 is 0 Å². The normalized spacial score (nSPS) is 22.0. The summed E-state index contributed by atoms with van der Waals surface area (Å²) in [5.74, 6) is -0.0447. The Labute approximate surface area is 148 Å². The van der Waals surface area contributed by atoms with Crippen LogP contribution in [0, 0.1) is 0 Å². The van der Waals surface area contributed by atoms with Gasteiger partial charge in [0, 0.05) is 38.6 Å². The number of carbonyl (C=O) groups excluding carboxylic acids is 1. The molecular weight excluding hydrogens is 342 g/mol. The largest absolute Gasteiger partial charge is 0.378 e. The summed E-state index contributed by atoms with van der Waals surface area (Å²) in [5.41, 5.74) is 0.876. The van der Waals surface area contributed by atoms with Gasteiger partial charge in [-0.15, -0.1) is 0 Å². The van der Waals surface area contributed by atoms with Crippen molar-refractivity contribution in [2.24, 2.45) is 0 Å². The van der Waals surface area contributed by atoms with Gasteiger partial charge < -0.3 is 15.4 Å². The van der Waals surface area contributed by atoms with Gasteiger partial charge in [0.2, 0.25) is 15.9 Å². The zero-order valence-electron chi connectivity index (χ0n) is 14.2. The minimum atomic E-state index is -3.38. The molecule has 0 saturated carbocycles. The summed E-state index contributed by atoms with van der Waals surface area (Å²) in [6.07, 6.45) is 2.22. The van der Waals surface area contributed by atoms with E-state index in [9.17, 15) is 13.2 Å². The van der Waals surface area contributed by atoms with Crippen LogP contribution in [0.15, 0.2) is 29.2 Å². The number of hydrogen-bond acceptors (Lipinski definition) is 5. The van der Waals surface area contributed by atoms with E-state index in [1.165, 1.54) is 4.31 Å². The lowest BCUT2D eigenvalue weighted by molar-refractivity contribution is -0.122. The number of nitrogens with zero attached hydrogens (tertiary/aromatic N) is 1. The minimum absolute atomic E-state index is 0.0447. The maximum atomic E-state index is 12.5. The first-order valence-corrected chi connectivity index (χ1v) is 10.2. The Kier molecular flexibility index (Phi) is 6.06. The second kappa shape index (κ2) is 8.27. The number of nitrogens with one attached hydrogen (secondary N) is 2. The van der Waals surface area contributed by atoms with Crippen molar-refractivity contribution < 1.29 is 17.9 Å². The number of sulfonamides is 1. The Balaban J connectivity index is 1.51. The smallest absolute Gasteiger partial charge is 0.243 e. The predicted octanol–water partition coefficient (Wildman–Crippen LogP) is 0.466. The number of rotatable bonds is 6. The molecule has 2 aliphatic heterocycles. The summed E-state index contributed by atoms with van der Waals surface area (Å²) in [7, 11) is -3.38. The van der Waals surface area contributed by atoms with E-state index < -0.39 is 10.0 Å². The summed E-state index contributed by atoms with van der Waals surface area (Å²) in [6, 6.07) is 6.80. The molecule has 138 valence electrons. The van der Waals surface area contributed by atoms with E-state index in [2.05, 4.69) is 10.6 Å². The van der Waals surface area contributed by atoms with Crippen molar-refractivity contribution >= 4 is 15.9 Å². The molecule has 2 N–H and O–H groups in total. The number of hydrogen-bond donors (Lipinski definition) is 2. The molecule has 0 spiro atoms. The van der Waals surface area contributed by atoms with E-state index in [4.69, 9.17) is 4.74 Å². The molecule has 2 fully saturated rings. The fourth-order valence-electron chi connectivity index (χ4n) is 3.10. The van der Waals surface area contributed by atoms with E-state index in [0.29, 0.717) is 44.2 Å². The Morgan fingerprint density at radius 1 is 1.24 bits per heavy atom. The Hall–Kier alpha value is -1.48. The molecule has 0 bridgehead atoms. The molecular formula is C17H25N3O4S. The molecule has 2 aliphatic rings. The van der Waals surface area contributed by atoms with E-state index in [1.54, 1.807) is 24.3 Å². The standard InChI is InChI=1S/C17H25N3O4S/c21-17(11-15-13-24-10-7-18-15)19-12-14-3-5-16(6-4-14)25(22,23)20-8-1-2-9-20/h3-6,15,18H,1-2,7-13H2,(H,19,21). The third-order valence-corrected chi connectivity index (χ3v) is 6.46. The first-order valence-electron chi connectivity index (χ1n) is 8.72. The van der Waals surface area contributed by atoms with Crippen LogP contribution in [0.1, 0.15) is 24.8 Å².